The number of rotatable bonds is 3. The van der Waals surface area contributed by atoms with Gasteiger partial charge in [0.2, 0.25) is 0 Å². The number of hydrogen-bond donors (Lipinski definition) is 0. The number of para-hydroxylation sites is 1. The highest BCUT2D eigenvalue weighted by molar-refractivity contribution is 6.27. The summed E-state index contributed by atoms with van der Waals surface area (Å²) in [5.74, 6) is 1.82. The predicted octanol–water partition coefficient (Wildman–Crippen LogP) is 13.1. The van der Waals surface area contributed by atoms with Crippen molar-refractivity contribution in [3.8, 4) is 56.0 Å². The van der Waals surface area contributed by atoms with Crippen molar-refractivity contribution >= 4 is 43.1 Å². The lowest BCUT2D eigenvalue weighted by Crippen LogP contribution is -1.98. The molecule has 0 fully saturated rings. The summed E-state index contributed by atoms with van der Waals surface area (Å²) in [5, 5.41) is 9.84. The number of benzene rings is 9. The van der Waals surface area contributed by atoms with Crippen LogP contribution in [-0.2, 0) is 0 Å². The summed E-state index contributed by atoms with van der Waals surface area (Å²) >= 11 is 0. The van der Waals surface area contributed by atoms with E-state index in [0.29, 0.717) is 0 Å². The monoisotopic (exact) mass is 596 g/mol. The minimum absolute atomic E-state index is 0.907. The fraction of sp³-hybridized carbons (Fsp3) is 0. The zero-order valence-corrected chi connectivity index (χ0v) is 25.6. The molecule has 10 rings (SSSR count). The van der Waals surface area contributed by atoms with E-state index in [4.69, 9.17) is 4.74 Å². The van der Waals surface area contributed by atoms with Crippen LogP contribution in [0.3, 0.4) is 0 Å². The molecule has 0 radical (unpaired) electrons. The van der Waals surface area contributed by atoms with Crippen molar-refractivity contribution in [2.75, 3.05) is 0 Å². The first-order valence-corrected chi connectivity index (χ1v) is 16.2. The number of ether oxygens (including phenoxy) is 1. The highest BCUT2D eigenvalue weighted by Gasteiger charge is 2.25. The molecule has 0 spiro atoms. The van der Waals surface area contributed by atoms with Crippen LogP contribution in [0.15, 0.2) is 170 Å². The maximum atomic E-state index is 6.49. The van der Waals surface area contributed by atoms with Crippen molar-refractivity contribution in [2.24, 2.45) is 0 Å². The average molecular weight is 597 g/mol. The molecule has 0 unspecified atom stereocenters. The lowest BCUT2D eigenvalue weighted by molar-refractivity contribution is 0.487. The predicted molar refractivity (Wildman–Crippen MR) is 198 cm³/mol. The van der Waals surface area contributed by atoms with Gasteiger partial charge in [-0.15, -0.1) is 0 Å². The van der Waals surface area contributed by atoms with Crippen LogP contribution >= 0.6 is 0 Å². The Morgan fingerprint density at radius 2 is 0.830 bits per heavy atom. The average Bonchev–Trinajstić information content (AvgIpc) is 3.14. The zero-order valence-electron chi connectivity index (χ0n) is 25.6. The van der Waals surface area contributed by atoms with Crippen molar-refractivity contribution in [1.29, 1.82) is 0 Å². The molecule has 0 amide bonds. The van der Waals surface area contributed by atoms with Crippen molar-refractivity contribution in [2.45, 2.75) is 0 Å². The highest BCUT2D eigenvalue weighted by atomic mass is 16.5. The molecule has 0 aromatic heterocycles. The summed E-state index contributed by atoms with van der Waals surface area (Å²) in [6.07, 6.45) is 0. The molecule has 0 aliphatic carbocycles. The van der Waals surface area contributed by atoms with Gasteiger partial charge in [-0.25, -0.2) is 0 Å². The Kier molecular flexibility index (Phi) is 5.64. The second-order valence-corrected chi connectivity index (χ2v) is 12.4. The molecular formula is C46H28O. The van der Waals surface area contributed by atoms with Gasteiger partial charge in [0.05, 0.1) is 0 Å². The van der Waals surface area contributed by atoms with Gasteiger partial charge in [0.25, 0.3) is 0 Å². The normalized spacial score (nSPS) is 12.0. The topological polar surface area (TPSA) is 9.23 Å². The Labute approximate surface area is 272 Å². The minimum Gasteiger partial charge on any atom is -0.456 e. The van der Waals surface area contributed by atoms with Crippen LogP contribution in [0.4, 0.5) is 0 Å². The standard InChI is InChI=1S/C46H28O/c1-2-13-29(14-3-1)32-26-25-30-15-4-5-16-31(30)45(32)46-37-20-8-6-18-34(37)43(35-19-7-9-21-38(35)46)40-28-27-39-33-17-10-11-23-41(33)47-42-24-12-22-36(40)44(39)42/h1-28H. The second-order valence-electron chi connectivity index (χ2n) is 12.4. The van der Waals surface area contributed by atoms with Gasteiger partial charge in [0.15, 0.2) is 0 Å². The molecule has 1 aliphatic rings. The van der Waals surface area contributed by atoms with Gasteiger partial charge in [-0.3, -0.25) is 0 Å². The van der Waals surface area contributed by atoms with E-state index in [9.17, 15) is 0 Å². The van der Waals surface area contributed by atoms with Crippen LogP contribution < -0.4 is 4.74 Å². The zero-order chi connectivity index (χ0) is 30.9. The lowest BCUT2D eigenvalue weighted by Gasteiger charge is -2.24. The molecule has 218 valence electrons. The molecule has 9 aromatic carbocycles. The van der Waals surface area contributed by atoms with Crippen molar-refractivity contribution in [3.63, 3.8) is 0 Å². The van der Waals surface area contributed by atoms with Crippen molar-refractivity contribution < 1.29 is 4.74 Å². The third-order valence-electron chi connectivity index (χ3n) is 9.86. The fourth-order valence-corrected chi connectivity index (χ4v) is 7.88. The Hall–Kier alpha value is -6.18. The Morgan fingerprint density at radius 1 is 0.277 bits per heavy atom. The van der Waals surface area contributed by atoms with Crippen molar-refractivity contribution in [1.82, 2.24) is 0 Å². The summed E-state index contributed by atoms with van der Waals surface area (Å²) in [7, 11) is 0. The smallest absolute Gasteiger partial charge is 0.135 e. The van der Waals surface area contributed by atoms with E-state index in [2.05, 4.69) is 164 Å². The van der Waals surface area contributed by atoms with Crippen molar-refractivity contribution in [3.05, 3.63) is 170 Å². The molecule has 9 aromatic rings. The van der Waals surface area contributed by atoms with Crippen LogP contribution in [0.1, 0.15) is 0 Å². The lowest BCUT2D eigenvalue weighted by atomic mass is 9.81. The quantitative estimate of drug-likeness (QED) is 0.184. The third-order valence-corrected chi connectivity index (χ3v) is 9.86. The molecule has 0 saturated carbocycles. The SMILES string of the molecule is c1ccc(-c2ccc3ccccc3c2-c2c3ccccc3c(-c3ccc4c5c(cccc35)Oc3ccccc3-4)c3ccccc23)cc1. The largest absolute Gasteiger partial charge is 0.456 e. The van der Waals surface area contributed by atoms with E-state index in [1.807, 2.05) is 6.07 Å². The van der Waals surface area contributed by atoms with Crippen LogP contribution in [0.2, 0.25) is 0 Å². The fourth-order valence-electron chi connectivity index (χ4n) is 7.88. The van der Waals surface area contributed by atoms with Gasteiger partial charge in [0.1, 0.15) is 11.5 Å². The second kappa shape index (κ2) is 10.2. The number of hydrogen-bond acceptors (Lipinski definition) is 1. The molecule has 0 saturated heterocycles. The molecule has 0 N–H and O–H groups in total. The first kappa shape index (κ1) is 26.1. The van der Waals surface area contributed by atoms with Crippen LogP contribution in [-0.4, -0.2) is 0 Å². The van der Waals surface area contributed by atoms with Gasteiger partial charge in [-0.2, -0.15) is 0 Å². The summed E-state index contributed by atoms with van der Waals surface area (Å²) in [6.45, 7) is 0. The summed E-state index contributed by atoms with van der Waals surface area (Å²) in [4.78, 5) is 0. The Morgan fingerprint density at radius 3 is 1.60 bits per heavy atom. The molecule has 1 heterocycles. The molecular weight excluding hydrogens is 569 g/mol. The first-order chi connectivity index (χ1) is 23.3. The van der Waals surface area contributed by atoms with E-state index in [1.165, 1.54) is 82.0 Å². The van der Waals surface area contributed by atoms with E-state index in [-0.39, 0.29) is 0 Å². The van der Waals surface area contributed by atoms with Crippen LogP contribution in [0, 0.1) is 0 Å². The minimum atomic E-state index is 0.907. The van der Waals surface area contributed by atoms with Gasteiger partial charge >= 0.3 is 0 Å². The van der Waals surface area contributed by atoms with E-state index in [0.717, 1.165) is 17.1 Å². The van der Waals surface area contributed by atoms with Crippen LogP contribution in [0.25, 0.3) is 87.6 Å². The molecule has 1 nitrogen and oxygen atoms in total. The van der Waals surface area contributed by atoms with Gasteiger partial charge < -0.3 is 4.74 Å². The molecule has 47 heavy (non-hydrogen) atoms. The maximum Gasteiger partial charge on any atom is 0.135 e. The first-order valence-electron chi connectivity index (χ1n) is 16.2. The summed E-state index contributed by atoms with van der Waals surface area (Å²) < 4.78 is 6.49. The highest BCUT2D eigenvalue weighted by Crippen LogP contribution is 2.52. The van der Waals surface area contributed by atoms with Gasteiger partial charge in [-0.1, -0.05) is 158 Å². The van der Waals surface area contributed by atoms with Crippen LogP contribution in [0.5, 0.6) is 11.5 Å². The molecule has 1 heteroatoms. The van der Waals surface area contributed by atoms with Gasteiger partial charge in [0, 0.05) is 10.9 Å². The van der Waals surface area contributed by atoms with E-state index < -0.39 is 0 Å². The molecule has 1 aliphatic heterocycles. The molecule has 0 bridgehead atoms. The summed E-state index contributed by atoms with van der Waals surface area (Å²) in [6, 6.07) is 61.5. The number of fused-ring (bicyclic) bond motifs is 5. The molecule has 0 atom stereocenters. The van der Waals surface area contributed by atoms with Gasteiger partial charge in [-0.05, 0) is 88.8 Å². The van der Waals surface area contributed by atoms with E-state index in [1.54, 1.807) is 0 Å². The Bertz CT molecular complexity index is 2640. The summed E-state index contributed by atoms with van der Waals surface area (Å²) in [5.41, 5.74) is 9.83. The Balaban J connectivity index is 1.36. The third kappa shape index (κ3) is 3.84. The van der Waals surface area contributed by atoms with E-state index >= 15 is 0 Å². The maximum absolute atomic E-state index is 6.49.